The summed E-state index contributed by atoms with van der Waals surface area (Å²) in [5.74, 6) is -0.0373. The Balaban J connectivity index is 1.25. The minimum Gasteiger partial charge on any atom is -0.458 e. The average molecular weight is 533 g/mol. The molecule has 1 aliphatic heterocycles. The Hall–Kier alpha value is -1.97. The van der Waals surface area contributed by atoms with E-state index in [1.54, 1.807) is 6.08 Å². The quantitative estimate of drug-likeness (QED) is 0.313. The second kappa shape index (κ2) is 10.2. The Morgan fingerprint density at radius 2 is 1.82 bits per heavy atom. The van der Waals surface area contributed by atoms with Gasteiger partial charge in [-0.05, 0) is 86.0 Å². The molecule has 212 valence electrons. The zero-order valence-corrected chi connectivity index (χ0v) is 22.7. The van der Waals surface area contributed by atoms with Crippen LogP contribution in [0.4, 0.5) is 0 Å². The van der Waals surface area contributed by atoms with E-state index < -0.39 is 17.1 Å². The standard InChI is InChI=1S/C29H44N2O7/c1-27-9-7-19(31-25(35)6-5-24(34)30-11-12-32)14-18(27)3-4-21-22(27)15-23(33)28(2)20(8-10-29(21,28)37)17-13-26(36)38-16-17/h13,18-23,32-33,37H,3-12,14-16H2,1-2H3,(H,30,34)(H,31,35)/t18?,19?,20?,21?,22-,23?,27?,28?,29-/m0/s1. The lowest BCUT2D eigenvalue weighted by molar-refractivity contribution is -0.243. The molecule has 4 saturated carbocycles. The lowest BCUT2D eigenvalue weighted by Gasteiger charge is -2.65. The molecule has 38 heavy (non-hydrogen) atoms. The second-order valence-electron chi connectivity index (χ2n) is 13.0. The lowest BCUT2D eigenvalue weighted by atomic mass is 9.42. The number of esters is 1. The molecule has 0 radical (unpaired) electrons. The van der Waals surface area contributed by atoms with E-state index >= 15 is 0 Å². The van der Waals surface area contributed by atoms with Gasteiger partial charge in [0, 0.05) is 36.9 Å². The van der Waals surface area contributed by atoms with Crippen LogP contribution < -0.4 is 10.6 Å². The number of aliphatic hydroxyl groups is 3. The molecule has 0 aromatic rings. The molecule has 0 spiro atoms. The monoisotopic (exact) mass is 532 g/mol. The minimum absolute atomic E-state index is 0.0177. The summed E-state index contributed by atoms with van der Waals surface area (Å²) in [6.07, 6.45) is 7.70. The number of carbonyl (C=O) groups excluding carboxylic acids is 3. The molecule has 5 rings (SSSR count). The Morgan fingerprint density at radius 3 is 2.53 bits per heavy atom. The first-order chi connectivity index (χ1) is 18.0. The van der Waals surface area contributed by atoms with E-state index in [1.807, 2.05) is 6.92 Å². The van der Waals surface area contributed by atoms with Gasteiger partial charge in [0.2, 0.25) is 11.8 Å². The summed E-state index contributed by atoms with van der Waals surface area (Å²) < 4.78 is 5.19. The molecule has 5 N–H and O–H groups in total. The number of fused-ring (bicyclic) bond motifs is 5. The molecular formula is C29H44N2O7. The fourth-order valence-corrected chi connectivity index (χ4v) is 9.33. The van der Waals surface area contributed by atoms with Crippen LogP contribution >= 0.6 is 0 Å². The zero-order chi connectivity index (χ0) is 27.3. The summed E-state index contributed by atoms with van der Waals surface area (Å²) in [5.41, 5.74) is -0.794. The molecular weight excluding hydrogens is 488 g/mol. The first kappa shape index (κ1) is 27.6. The molecule has 4 fully saturated rings. The molecule has 4 aliphatic carbocycles. The average Bonchev–Trinajstić information content (AvgIpc) is 3.43. The van der Waals surface area contributed by atoms with Crippen LogP contribution in [-0.2, 0) is 19.1 Å². The molecule has 0 aromatic carbocycles. The first-order valence-corrected chi connectivity index (χ1v) is 14.5. The van der Waals surface area contributed by atoms with Gasteiger partial charge in [0.15, 0.2) is 0 Å². The summed E-state index contributed by atoms with van der Waals surface area (Å²) in [6, 6.07) is 0.0715. The Morgan fingerprint density at radius 1 is 1.05 bits per heavy atom. The molecule has 0 aromatic heterocycles. The Labute approximate surface area is 224 Å². The largest absolute Gasteiger partial charge is 0.458 e. The molecule has 9 heteroatoms. The maximum atomic E-state index is 12.5. The third-order valence-corrected chi connectivity index (χ3v) is 11.5. The lowest BCUT2D eigenvalue weighted by Crippen LogP contribution is -2.67. The molecule has 7 unspecified atom stereocenters. The highest BCUT2D eigenvalue weighted by molar-refractivity contribution is 5.85. The van der Waals surface area contributed by atoms with Crippen molar-refractivity contribution in [3.8, 4) is 0 Å². The summed E-state index contributed by atoms with van der Waals surface area (Å²) >= 11 is 0. The number of aliphatic hydroxyl groups excluding tert-OH is 2. The predicted molar refractivity (Wildman–Crippen MR) is 138 cm³/mol. The third kappa shape index (κ3) is 4.38. The molecule has 2 amide bonds. The van der Waals surface area contributed by atoms with Crippen molar-refractivity contribution in [3.63, 3.8) is 0 Å². The molecule has 0 saturated heterocycles. The van der Waals surface area contributed by atoms with Gasteiger partial charge in [-0.2, -0.15) is 0 Å². The smallest absolute Gasteiger partial charge is 0.331 e. The van der Waals surface area contributed by atoms with Crippen LogP contribution in [0.5, 0.6) is 0 Å². The summed E-state index contributed by atoms with van der Waals surface area (Å²) in [7, 11) is 0. The van der Waals surface area contributed by atoms with Crippen molar-refractivity contribution in [1.29, 1.82) is 0 Å². The molecule has 0 bridgehead atoms. The number of rotatable bonds is 7. The highest BCUT2D eigenvalue weighted by Crippen LogP contribution is 2.69. The number of hydrogen-bond donors (Lipinski definition) is 5. The van der Waals surface area contributed by atoms with Crippen LogP contribution in [0.3, 0.4) is 0 Å². The van der Waals surface area contributed by atoms with Crippen LogP contribution in [0, 0.1) is 34.5 Å². The van der Waals surface area contributed by atoms with Crippen molar-refractivity contribution in [2.75, 3.05) is 19.8 Å². The maximum absolute atomic E-state index is 12.5. The van der Waals surface area contributed by atoms with Gasteiger partial charge in [0.05, 0.1) is 18.3 Å². The molecule has 1 heterocycles. The van der Waals surface area contributed by atoms with Crippen LogP contribution in [0.2, 0.25) is 0 Å². The van der Waals surface area contributed by atoms with E-state index in [0.29, 0.717) is 18.8 Å². The number of amides is 2. The van der Waals surface area contributed by atoms with Crippen LogP contribution in [-0.4, -0.2) is 70.6 Å². The minimum atomic E-state index is -0.984. The van der Waals surface area contributed by atoms with E-state index in [0.717, 1.165) is 44.1 Å². The number of ether oxygens (including phenoxy) is 1. The maximum Gasteiger partial charge on any atom is 0.331 e. The van der Waals surface area contributed by atoms with Gasteiger partial charge in [0.1, 0.15) is 6.61 Å². The van der Waals surface area contributed by atoms with Crippen molar-refractivity contribution < 1.29 is 34.4 Å². The SMILES string of the molecule is CC12CCC(NC(=O)CCC(=O)NCCO)CC1CCC1[C@@H]2CC(O)C2(C)C(C3=CC(=O)OC3)CC[C@]12O. The van der Waals surface area contributed by atoms with Crippen LogP contribution in [0.15, 0.2) is 11.6 Å². The van der Waals surface area contributed by atoms with Gasteiger partial charge < -0.3 is 30.7 Å². The van der Waals surface area contributed by atoms with Gasteiger partial charge in [-0.1, -0.05) is 13.8 Å². The third-order valence-electron chi connectivity index (χ3n) is 11.5. The van der Waals surface area contributed by atoms with Crippen LogP contribution in [0.25, 0.3) is 0 Å². The predicted octanol–water partition coefficient (Wildman–Crippen LogP) is 1.59. The van der Waals surface area contributed by atoms with Crippen molar-refractivity contribution in [2.45, 2.75) is 95.8 Å². The van der Waals surface area contributed by atoms with E-state index in [2.05, 4.69) is 17.6 Å². The second-order valence-corrected chi connectivity index (χ2v) is 13.0. The van der Waals surface area contributed by atoms with Gasteiger partial charge in [-0.15, -0.1) is 0 Å². The summed E-state index contributed by atoms with van der Waals surface area (Å²) in [5, 5.41) is 38.5. The number of carbonyl (C=O) groups is 3. The molecule has 5 aliphatic rings. The highest BCUT2D eigenvalue weighted by atomic mass is 16.5. The van der Waals surface area contributed by atoms with Gasteiger partial charge >= 0.3 is 5.97 Å². The number of cyclic esters (lactones) is 1. The van der Waals surface area contributed by atoms with Crippen molar-refractivity contribution in [3.05, 3.63) is 11.6 Å². The Bertz CT molecular complexity index is 999. The fourth-order valence-electron chi connectivity index (χ4n) is 9.33. The van der Waals surface area contributed by atoms with E-state index in [-0.39, 0.29) is 79.6 Å². The summed E-state index contributed by atoms with van der Waals surface area (Å²) in [6.45, 7) is 4.69. The normalized spacial score (nSPS) is 43.8. The van der Waals surface area contributed by atoms with Gasteiger partial charge in [-0.25, -0.2) is 4.79 Å². The molecule has 9 atom stereocenters. The highest BCUT2D eigenvalue weighted by Gasteiger charge is 2.70. The van der Waals surface area contributed by atoms with Crippen molar-refractivity contribution >= 4 is 17.8 Å². The topological polar surface area (TPSA) is 145 Å². The Kier molecular flexibility index (Phi) is 7.41. The number of nitrogens with one attached hydrogen (secondary N) is 2. The van der Waals surface area contributed by atoms with Crippen molar-refractivity contribution in [2.24, 2.45) is 34.5 Å². The fraction of sp³-hybridized carbons (Fsp3) is 0.828. The zero-order valence-electron chi connectivity index (χ0n) is 22.7. The van der Waals surface area contributed by atoms with E-state index in [9.17, 15) is 24.6 Å². The van der Waals surface area contributed by atoms with E-state index in [4.69, 9.17) is 9.84 Å². The van der Waals surface area contributed by atoms with Gasteiger partial charge in [0.25, 0.3) is 0 Å². The van der Waals surface area contributed by atoms with Crippen molar-refractivity contribution in [1.82, 2.24) is 10.6 Å². The van der Waals surface area contributed by atoms with Gasteiger partial charge in [-0.3, -0.25) is 9.59 Å². The summed E-state index contributed by atoms with van der Waals surface area (Å²) in [4.78, 5) is 36.1. The number of hydrogen-bond acceptors (Lipinski definition) is 7. The van der Waals surface area contributed by atoms with E-state index in [1.165, 1.54) is 0 Å². The first-order valence-electron chi connectivity index (χ1n) is 14.5. The molecule has 9 nitrogen and oxygen atoms in total. The van der Waals surface area contributed by atoms with Crippen LogP contribution in [0.1, 0.15) is 78.1 Å².